The lowest BCUT2D eigenvalue weighted by Crippen LogP contribution is -2.16. The quantitative estimate of drug-likeness (QED) is 0.726. The van der Waals surface area contributed by atoms with Gasteiger partial charge in [0.25, 0.3) is 0 Å². The number of alkyl halides is 1. The average molecular weight is 273 g/mol. The van der Waals surface area contributed by atoms with Gasteiger partial charge in [-0.15, -0.1) is 11.6 Å². The van der Waals surface area contributed by atoms with Crippen LogP contribution in [0.3, 0.4) is 0 Å². The van der Waals surface area contributed by atoms with E-state index in [1.165, 1.54) is 18.4 Å². The fourth-order valence-electron chi connectivity index (χ4n) is 2.38. The van der Waals surface area contributed by atoms with Crippen LogP contribution in [0.4, 0.5) is 0 Å². The number of rotatable bonds is 5. The highest BCUT2D eigenvalue weighted by Crippen LogP contribution is 2.26. The van der Waals surface area contributed by atoms with Crippen molar-refractivity contribution in [2.75, 3.05) is 12.5 Å². The molecule has 1 heterocycles. The molecule has 1 saturated heterocycles. The minimum Gasteiger partial charge on any atom is -0.378 e. The van der Waals surface area contributed by atoms with Crippen LogP contribution < -0.4 is 0 Å². The van der Waals surface area contributed by atoms with Gasteiger partial charge in [-0.05, 0) is 43.2 Å². The third-order valence-corrected chi connectivity index (χ3v) is 4.11. The monoisotopic (exact) mass is 272 g/mol. The van der Waals surface area contributed by atoms with E-state index in [0.717, 1.165) is 24.5 Å². The number of benzene rings is 1. The molecule has 0 aliphatic carbocycles. The maximum absolute atomic E-state index is 6.17. The predicted octanol–water partition coefficient (Wildman–Crippen LogP) is 4.31. The van der Waals surface area contributed by atoms with Gasteiger partial charge in [0, 0.05) is 17.5 Å². The Bertz CT molecular complexity index is 348. The molecule has 94 valence electrons. The Morgan fingerprint density at radius 3 is 2.82 bits per heavy atom. The summed E-state index contributed by atoms with van der Waals surface area (Å²) in [5.74, 6) is 1.13. The molecule has 0 amide bonds. The van der Waals surface area contributed by atoms with Gasteiger partial charge in [0.05, 0.1) is 6.10 Å². The van der Waals surface area contributed by atoms with Crippen molar-refractivity contribution in [2.24, 2.45) is 5.92 Å². The normalized spacial score (nSPS) is 21.6. The molecule has 0 N–H and O–H groups in total. The van der Waals surface area contributed by atoms with Crippen molar-refractivity contribution in [1.29, 1.82) is 0 Å². The van der Waals surface area contributed by atoms with E-state index in [4.69, 9.17) is 27.9 Å². The van der Waals surface area contributed by atoms with E-state index in [9.17, 15) is 0 Å². The molecule has 2 unspecified atom stereocenters. The van der Waals surface area contributed by atoms with E-state index >= 15 is 0 Å². The highest BCUT2D eigenvalue weighted by molar-refractivity contribution is 6.31. The molecule has 1 aliphatic rings. The van der Waals surface area contributed by atoms with Gasteiger partial charge in [0.1, 0.15) is 0 Å². The smallest absolute Gasteiger partial charge is 0.0579 e. The first-order valence-electron chi connectivity index (χ1n) is 6.20. The summed E-state index contributed by atoms with van der Waals surface area (Å²) in [5, 5.41) is 0.843. The van der Waals surface area contributed by atoms with E-state index < -0.39 is 0 Å². The van der Waals surface area contributed by atoms with Crippen LogP contribution in [-0.4, -0.2) is 18.6 Å². The Hall–Kier alpha value is -0.240. The number of hydrogen-bond acceptors (Lipinski definition) is 1. The van der Waals surface area contributed by atoms with Crippen LogP contribution in [0.2, 0.25) is 5.02 Å². The van der Waals surface area contributed by atoms with Gasteiger partial charge in [0.2, 0.25) is 0 Å². The second-order valence-corrected chi connectivity index (χ2v) is 5.40. The van der Waals surface area contributed by atoms with E-state index in [2.05, 4.69) is 6.07 Å². The second kappa shape index (κ2) is 6.63. The highest BCUT2D eigenvalue weighted by Gasteiger charge is 2.21. The van der Waals surface area contributed by atoms with Crippen LogP contribution in [0, 0.1) is 5.92 Å². The first-order valence-corrected chi connectivity index (χ1v) is 7.12. The van der Waals surface area contributed by atoms with E-state index in [0.29, 0.717) is 17.9 Å². The molecule has 2 atom stereocenters. The van der Waals surface area contributed by atoms with Gasteiger partial charge in [-0.2, -0.15) is 0 Å². The largest absolute Gasteiger partial charge is 0.378 e. The first kappa shape index (κ1) is 13.2. The van der Waals surface area contributed by atoms with Crippen LogP contribution in [0.15, 0.2) is 24.3 Å². The lowest BCUT2D eigenvalue weighted by molar-refractivity contribution is 0.0922. The Morgan fingerprint density at radius 2 is 2.18 bits per heavy atom. The summed E-state index contributed by atoms with van der Waals surface area (Å²) in [7, 11) is 0. The topological polar surface area (TPSA) is 9.23 Å². The molecule has 17 heavy (non-hydrogen) atoms. The number of ether oxygens (including phenoxy) is 1. The molecular weight excluding hydrogens is 255 g/mol. The molecular formula is C14H18Cl2O. The Labute approximate surface area is 113 Å². The standard InChI is InChI=1S/C14H18Cl2O/c15-10-11(9-13-5-3-7-17-13)8-12-4-1-2-6-14(12)16/h1-2,4,6,11,13H,3,5,7-10H2. The zero-order valence-electron chi connectivity index (χ0n) is 9.87. The van der Waals surface area contributed by atoms with Gasteiger partial charge < -0.3 is 4.74 Å². The molecule has 1 aliphatic heterocycles. The van der Waals surface area contributed by atoms with Crippen molar-refractivity contribution in [3.05, 3.63) is 34.9 Å². The molecule has 0 spiro atoms. The molecule has 0 saturated carbocycles. The zero-order valence-corrected chi connectivity index (χ0v) is 11.4. The summed E-state index contributed by atoms with van der Waals surface area (Å²) in [5.41, 5.74) is 1.19. The highest BCUT2D eigenvalue weighted by atomic mass is 35.5. The van der Waals surface area contributed by atoms with Crippen LogP contribution >= 0.6 is 23.2 Å². The molecule has 1 aromatic carbocycles. The van der Waals surface area contributed by atoms with E-state index in [1.54, 1.807) is 0 Å². The van der Waals surface area contributed by atoms with Crippen LogP contribution in [0.1, 0.15) is 24.8 Å². The Balaban J connectivity index is 1.92. The zero-order chi connectivity index (χ0) is 12.1. The van der Waals surface area contributed by atoms with Crippen LogP contribution in [0.5, 0.6) is 0 Å². The van der Waals surface area contributed by atoms with Gasteiger partial charge in [-0.3, -0.25) is 0 Å². The average Bonchev–Trinajstić information content (AvgIpc) is 2.84. The summed E-state index contributed by atoms with van der Waals surface area (Å²) in [6.45, 7) is 0.908. The van der Waals surface area contributed by atoms with Crippen LogP contribution in [0.25, 0.3) is 0 Å². The summed E-state index contributed by atoms with van der Waals surface area (Å²) >= 11 is 12.2. The van der Waals surface area contributed by atoms with Gasteiger partial charge in [-0.1, -0.05) is 29.8 Å². The minimum atomic E-state index is 0.404. The summed E-state index contributed by atoms with van der Waals surface area (Å²) < 4.78 is 5.66. The molecule has 1 nitrogen and oxygen atoms in total. The predicted molar refractivity (Wildman–Crippen MR) is 73.0 cm³/mol. The van der Waals surface area contributed by atoms with Crippen molar-refractivity contribution in [1.82, 2.24) is 0 Å². The molecule has 0 aromatic heterocycles. The number of halogens is 2. The number of hydrogen-bond donors (Lipinski definition) is 0. The molecule has 2 rings (SSSR count). The maximum Gasteiger partial charge on any atom is 0.0579 e. The second-order valence-electron chi connectivity index (χ2n) is 4.69. The lowest BCUT2D eigenvalue weighted by atomic mass is 9.94. The molecule has 1 fully saturated rings. The Kier molecular flexibility index (Phi) is 5.15. The van der Waals surface area contributed by atoms with E-state index in [1.807, 2.05) is 18.2 Å². The van der Waals surface area contributed by atoms with E-state index in [-0.39, 0.29) is 0 Å². The minimum absolute atomic E-state index is 0.404. The fraction of sp³-hybridized carbons (Fsp3) is 0.571. The van der Waals surface area contributed by atoms with Crippen molar-refractivity contribution >= 4 is 23.2 Å². The van der Waals surface area contributed by atoms with Crippen molar-refractivity contribution in [3.8, 4) is 0 Å². The van der Waals surface area contributed by atoms with Crippen molar-refractivity contribution < 1.29 is 4.74 Å². The third kappa shape index (κ3) is 3.87. The maximum atomic E-state index is 6.17. The van der Waals surface area contributed by atoms with Crippen molar-refractivity contribution in [2.45, 2.75) is 31.8 Å². The molecule has 0 radical (unpaired) electrons. The van der Waals surface area contributed by atoms with Gasteiger partial charge in [0.15, 0.2) is 0 Å². The van der Waals surface area contributed by atoms with Gasteiger partial charge >= 0.3 is 0 Å². The third-order valence-electron chi connectivity index (χ3n) is 3.30. The van der Waals surface area contributed by atoms with Crippen molar-refractivity contribution in [3.63, 3.8) is 0 Å². The first-order chi connectivity index (χ1) is 8.29. The SMILES string of the molecule is ClCC(Cc1ccccc1Cl)CC1CCCO1. The molecule has 3 heteroatoms. The molecule has 1 aromatic rings. The Morgan fingerprint density at radius 1 is 1.35 bits per heavy atom. The van der Waals surface area contributed by atoms with Gasteiger partial charge in [-0.25, -0.2) is 0 Å². The summed E-state index contributed by atoms with van der Waals surface area (Å²) in [4.78, 5) is 0. The molecule has 0 bridgehead atoms. The summed E-state index contributed by atoms with van der Waals surface area (Å²) in [6, 6.07) is 8.01. The lowest BCUT2D eigenvalue weighted by Gasteiger charge is -2.18. The van der Waals surface area contributed by atoms with Crippen LogP contribution in [-0.2, 0) is 11.2 Å². The fourth-order valence-corrected chi connectivity index (χ4v) is 2.83. The summed E-state index contributed by atoms with van der Waals surface area (Å²) in [6.07, 6.45) is 4.76.